The molecule has 4 aromatic rings. The molecule has 0 spiro atoms. The van der Waals surface area contributed by atoms with Gasteiger partial charge in [0.25, 0.3) is 0 Å². The van der Waals surface area contributed by atoms with Crippen molar-refractivity contribution >= 4 is 5.97 Å². The van der Waals surface area contributed by atoms with Crippen molar-refractivity contribution in [3.05, 3.63) is 131 Å². The molecule has 0 radical (unpaired) electrons. The van der Waals surface area contributed by atoms with E-state index in [-0.39, 0.29) is 13.0 Å². The molecule has 0 aromatic heterocycles. The van der Waals surface area contributed by atoms with Crippen LogP contribution >= 0.6 is 0 Å². The second-order valence-corrected chi connectivity index (χ2v) is 9.28. The van der Waals surface area contributed by atoms with Crippen molar-refractivity contribution < 1.29 is 29.1 Å². The van der Waals surface area contributed by atoms with E-state index in [4.69, 9.17) is 14.2 Å². The molecule has 0 heterocycles. The molecule has 1 atom stereocenters. The van der Waals surface area contributed by atoms with E-state index in [0.717, 1.165) is 33.8 Å². The summed E-state index contributed by atoms with van der Waals surface area (Å²) in [5.41, 5.74) is 4.33. The van der Waals surface area contributed by atoms with Crippen molar-refractivity contribution in [2.75, 3.05) is 6.61 Å². The third-order valence-corrected chi connectivity index (χ3v) is 6.30. The zero-order valence-corrected chi connectivity index (χ0v) is 21.9. The Hall–Kier alpha value is -4.13. The molecule has 0 amide bonds. The van der Waals surface area contributed by atoms with Crippen LogP contribution in [0.1, 0.15) is 35.1 Å². The van der Waals surface area contributed by atoms with Crippen LogP contribution < -0.4 is 9.47 Å². The Labute approximate surface area is 229 Å². The predicted octanol–water partition coefficient (Wildman–Crippen LogP) is 6.81. The van der Waals surface area contributed by atoms with Gasteiger partial charge in [-0.3, -0.25) is 10.1 Å². The standard InChI is InChI=1S/C33H34O6/c34-33(36-22-21-27-13-18-31(19-14-27)38-25-29-9-5-2-6-10-29)23-32(39-35)20-15-26-11-16-30(17-12-26)37-24-28-7-3-1-4-8-28/h1-14,16-19,32,35H,15,20-25H2. The van der Waals surface area contributed by atoms with E-state index in [2.05, 4.69) is 4.89 Å². The first-order valence-electron chi connectivity index (χ1n) is 13.1. The molecule has 1 unspecified atom stereocenters. The van der Waals surface area contributed by atoms with Gasteiger partial charge in [-0.15, -0.1) is 0 Å². The molecule has 0 saturated carbocycles. The molecule has 202 valence electrons. The van der Waals surface area contributed by atoms with Gasteiger partial charge in [0.2, 0.25) is 0 Å². The maximum absolute atomic E-state index is 12.3. The van der Waals surface area contributed by atoms with Gasteiger partial charge < -0.3 is 14.2 Å². The Morgan fingerprint density at radius 2 is 1.10 bits per heavy atom. The number of hydrogen-bond acceptors (Lipinski definition) is 6. The number of carbonyl (C=O) groups excluding carboxylic acids is 1. The van der Waals surface area contributed by atoms with Gasteiger partial charge in [-0.1, -0.05) is 84.9 Å². The molecule has 0 aliphatic heterocycles. The zero-order chi connectivity index (χ0) is 27.1. The van der Waals surface area contributed by atoms with Gasteiger partial charge in [0.1, 0.15) is 30.8 Å². The van der Waals surface area contributed by atoms with Crippen LogP contribution in [0.2, 0.25) is 0 Å². The highest BCUT2D eigenvalue weighted by atomic mass is 17.1. The molecule has 1 N–H and O–H groups in total. The fourth-order valence-electron chi connectivity index (χ4n) is 4.03. The van der Waals surface area contributed by atoms with Crippen LogP contribution in [0, 0.1) is 0 Å². The largest absolute Gasteiger partial charge is 0.489 e. The van der Waals surface area contributed by atoms with Crippen molar-refractivity contribution in [3.8, 4) is 11.5 Å². The molecule has 39 heavy (non-hydrogen) atoms. The van der Waals surface area contributed by atoms with Gasteiger partial charge in [-0.05, 0) is 59.4 Å². The number of hydrogen-bond donors (Lipinski definition) is 1. The van der Waals surface area contributed by atoms with Gasteiger partial charge in [-0.25, -0.2) is 4.89 Å². The summed E-state index contributed by atoms with van der Waals surface area (Å²) in [5, 5.41) is 9.28. The topological polar surface area (TPSA) is 74.2 Å². The van der Waals surface area contributed by atoms with Gasteiger partial charge >= 0.3 is 5.97 Å². The Morgan fingerprint density at radius 3 is 1.59 bits per heavy atom. The van der Waals surface area contributed by atoms with Crippen molar-refractivity contribution in [1.82, 2.24) is 0 Å². The molecule has 6 heteroatoms. The second kappa shape index (κ2) is 15.3. The summed E-state index contributed by atoms with van der Waals surface area (Å²) in [6.07, 6.45) is 1.08. The summed E-state index contributed by atoms with van der Waals surface area (Å²) < 4.78 is 17.0. The lowest BCUT2D eigenvalue weighted by Gasteiger charge is -2.13. The highest BCUT2D eigenvalue weighted by Gasteiger charge is 2.16. The Balaban J connectivity index is 1.12. The number of esters is 1. The Bertz CT molecular complexity index is 1240. The molecule has 4 rings (SSSR count). The second-order valence-electron chi connectivity index (χ2n) is 9.28. The van der Waals surface area contributed by atoms with Gasteiger partial charge in [0, 0.05) is 6.42 Å². The van der Waals surface area contributed by atoms with Crippen LogP contribution in [0.5, 0.6) is 11.5 Å². The van der Waals surface area contributed by atoms with Crippen LogP contribution in [0.4, 0.5) is 0 Å². The average Bonchev–Trinajstić information content (AvgIpc) is 2.99. The van der Waals surface area contributed by atoms with E-state index in [0.29, 0.717) is 32.5 Å². The van der Waals surface area contributed by atoms with Crippen LogP contribution in [0.25, 0.3) is 0 Å². The van der Waals surface area contributed by atoms with Crippen molar-refractivity contribution in [2.24, 2.45) is 0 Å². The minimum atomic E-state index is -0.632. The summed E-state index contributed by atoms with van der Waals surface area (Å²) >= 11 is 0. The van der Waals surface area contributed by atoms with Crippen LogP contribution in [-0.2, 0) is 40.5 Å². The van der Waals surface area contributed by atoms with Crippen molar-refractivity contribution in [1.29, 1.82) is 0 Å². The smallest absolute Gasteiger partial charge is 0.308 e. The monoisotopic (exact) mass is 526 g/mol. The number of benzene rings is 4. The van der Waals surface area contributed by atoms with E-state index >= 15 is 0 Å². The predicted molar refractivity (Wildman–Crippen MR) is 150 cm³/mol. The van der Waals surface area contributed by atoms with Crippen LogP contribution in [-0.4, -0.2) is 23.9 Å². The fourth-order valence-corrected chi connectivity index (χ4v) is 4.03. The highest BCUT2D eigenvalue weighted by molar-refractivity contribution is 5.70. The third kappa shape index (κ3) is 9.93. The van der Waals surface area contributed by atoms with Gasteiger partial charge in [0.15, 0.2) is 0 Å². The summed E-state index contributed by atoms with van der Waals surface area (Å²) in [7, 11) is 0. The maximum atomic E-state index is 12.3. The molecule has 0 aliphatic rings. The molecule has 0 bridgehead atoms. The van der Waals surface area contributed by atoms with Gasteiger partial charge in [-0.2, -0.15) is 0 Å². The van der Waals surface area contributed by atoms with Gasteiger partial charge in [0.05, 0.1) is 13.0 Å². The first kappa shape index (κ1) is 27.9. The summed E-state index contributed by atoms with van der Waals surface area (Å²) in [6, 6.07) is 35.5. The third-order valence-electron chi connectivity index (χ3n) is 6.30. The van der Waals surface area contributed by atoms with Crippen molar-refractivity contribution in [3.63, 3.8) is 0 Å². The summed E-state index contributed by atoms with van der Waals surface area (Å²) in [5.74, 6) is 1.17. The SMILES string of the molecule is O=C(CC(CCc1ccc(OCc2ccccc2)cc1)OO)OCCc1ccc(OCc2ccccc2)cc1. The average molecular weight is 527 g/mol. The molecule has 6 nitrogen and oxygen atoms in total. The lowest BCUT2D eigenvalue weighted by Crippen LogP contribution is -2.20. The first-order chi connectivity index (χ1) is 19.2. The molecule has 0 aliphatic carbocycles. The summed E-state index contributed by atoms with van der Waals surface area (Å²) in [4.78, 5) is 16.8. The van der Waals surface area contributed by atoms with Crippen LogP contribution in [0.15, 0.2) is 109 Å². The highest BCUT2D eigenvalue weighted by Crippen LogP contribution is 2.18. The number of rotatable bonds is 15. The molecular weight excluding hydrogens is 492 g/mol. The summed E-state index contributed by atoms with van der Waals surface area (Å²) in [6.45, 7) is 1.28. The molecule has 4 aromatic carbocycles. The number of aryl methyl sites for hydroxylation is 1. The van der Waals surface area contributed by atoms with Crippen molar-refractivity contribution in [2.45, 2.75) is 45.0 Å². The number of ether oxygens (including phenoxy) is 3. The lowest BCUT2D eigenvalue weighted by atomic mass is 10.0. The first-order valence-corrected chi connectivity index (χ1v) is 13.1. The minimum absolute atomic E-state index is 0.0129. The van der Waals surface area contributed by atoms with E-state index in [9.17, 15) is 10.1 Å². The zero-order valence-electron chi connectivity index (χ0n) is 21.9. The van der Waals surface area contributed by atoms with E-state index in [1.54, 1.807) is 0 Å². The lowest BCUT2D eigenvalue weighted by molar-refractivity contribution is -0.280. The molecule has 0 fully saturated rings. The quantitative estimate of drug-likeness (QED) is 0.104. The Kier molecular flexibility index (Phi) is 11.0. The number of carbonyl (C=O) groups is 1. The van der Waals surface area contributed by atoms with Crippen LogP contribution in [0.3, 0.4) is 0 Å². The van der Waals surface area contributed by atoms with E-state index < -0.39 is 12.1 Å². The van der Waals surface area contributed by atoms with E-state index in [1.807, 2.05) is 109 Å². The Morgan fingerprint density at radius 1 is 0.615 bits per heavy atom. The fraction of sp³-hybridized carbons (Fsp3) is 0.242. The molecular formula is C33H34O6. The maximum Gasteiger partial charge on any atom is 0.308 e. The normalized spacial score (nSPS) is 11.5. The minimum Gasteiger partial charge on any atom is -0.489 e. The van der Waals surface area contributed by atoms with E-state index in [1.165, 1.54) is 0 Å². The molecule has 0 saturated heterocycles.